The molecule has 0 radical (unpaired) electrons. The highest BCUT2D eigenvalue weighted by molar-refractivity contribution is 5.94. The molecule has 2 heterocycles. The number of nitrogens with one attached hydrogen (secondary N) is 1. The molecule has 0 saturated carbocycles. The molecule has 0 fully saturated rings. The Morgan fingerprint density at radius 3 is 3.10 bits per heavy atom. The number of aliphatic hydroxyl groups is 1. The predicted molar refractivity (Wildman–Crippen MR) is 68.3 cm³/mol. The summed E-state index contributed by atoms with van der Waals surface area (Å²) in [4.78, 5) is 19.8. The number of carbonyl (C=O) groups excluding carboxylic acids is 1. The monoisotopic (exact) mass is 272 g/mol. The van der Waals surface area contributed by atoms with E-state index in [1.54, 1.807) is 12.1 Å². The van der Waals surface area contributed by atoms with Crippen LogP contribution in [0, 0.1) is 11.8 Å². The molecule has 0 aromatic carbocycles. The third-order valence-corrected chi connectivity index (χ3v) is 2.30. The van der Waals surface area contributed by atoms with Gasteiger partial charge in [0, 0.05) is 12.6 Å². The smallest absolute Gasteiger partial charge is 0.271 e. The highest BCUT2D eigenvalue weighted by atomic mass is 16.5. The van der Waals surface area contributed by atoms with Crippen LogP contribution in [0.25, 0.3) is 0 Å². The van der Waals surface area contributed by atoms with Crippen LogP contribution in [-0.2, 0) is 6.54 Å². The number of pyridine rings is 1. The van der Waals surface area contributed by atoms with Crippen molar-refractivity contribution >= 4 is 5.91 Å². The second-order valence-electron chi connectivity index (χ2n) is 3.71. The maximum absolute atomic E-state index is 12.0. The molecule has 0 unspecified atom stereocenters. The predicted octanol–water partition coefficient (Wildman–Crippen LogP) is 0.128. The topological polar surface area (TPSA) is 101 Å². The Hall–Kier alpha value is -2.72. The first kappa shape index (κ1) is 13.7. The molecule has 20 heavy (non-hydrogen) atoms. The molecule has 0 aliphatic carbocycles. The number of rotatable bonds is 4. The largest absolute Gasteiger partial charge is 0.395 e. The number of hydrogen-bond donors (Lipinski definition) is 2. The SMILES string of the molecule is O=C(NCc1ncon1)c1ncccc1C#CCCO. The summed E-state index contributed by atoms with van der Waals surface area (Å²) in [6.45, 7) is 0.127. The van der Waals surface area contributed by atoms with E-state index in [4.69, 9.17) is 5.11 Å². The van der Waals surface area contributed by atoms with Gasteiger partial charge in [0.05, 0.1) is 18.7 Å². The van der Waals surface area contributed by atoms with Gasteiger partial charge in [-0.25, -0.2) is 4.98 Å². The van der Waals surface area contributed by atoms with Crippen LogP contribution in [0.1, 0.15) is 28.3 Å². The van der Waals surface area contributed by atoms with Crippen molar-refractivity contribution < 1.29 is 14.4 Å². The van der Waals surface area contributed by atoms with Crippen LogP contribution in [0.3, 0.4) is 0 Å². The summed E-state index contributed by atoms with van der Waals surface area (Å²) in [7, 11) is 0. The molecule has 0 atom stereocenters. The summed E-state index contributed by atoms with van der Waals surface area (Å²) < 4.78 is 4.57. The number of amides is 1. The van der Waals surface area contributed by atoms with Crippen molar-refractivity contribution in [1.82, 2.24) is 20.4 Å². The van der Waals surface area contributed by atoms with E-state index >= 15 is 0 Å². The first-order chi connectivity index (χ1) is 9.81. The van der Waals surface area contributed by atoms with E-state index in [2.05, 4.69) is 36.8 Å². The highest BCUT2D eigenvalue weighted by Crippen LogP contribution is 2.04. The summed E-state index contributed by atoms with van der Waals surface area (Å²) >= 11 is 0. The van der Waals surface area contributed by atoms with E-state index < -0.39 is 0 Å². The molecule has 0 spiro atoms. The van der Waals surface area contributed by atoms with Gasteiger partial charge >= 0.3 is 0 Å². The number of hydrogen-bond acceptors (Lipinski definition) is 6. The fraction of sp³-hybridized carbons (Fsp3) is 0.231. The second-order valence-corrected chi connectivity index (χ2v) is 3.71. The van der Waals surface area contributed by atoms with Gasteiger partial charge in [-0.3, -0.25) is 4.79 Å². The minimum Gasteiger partial charge on any atom is -0.395 e. The quantitative estimate of drug-likeness (QED) is 0.767. The number of aliphatic hydroxyl groups excluding tert-OH is 1. The lowest BCUT2D eigenvalue weighted by Crippen LogP contribution is -2.25. The first-order valence-electron chi connectivity index (χ1n) is 5.89. The minimum absolute atomic E-state index is 0.0212. The fourth-order valence-electron chi connectivity index (χ4n) is 1.41. The lowest BCUT2D eigenvalue weighted by atomic mass is 10.2. The van der Waals surface area contributed by atoms with E-state index in [1.165, 1.54) is 12.6 Å². The maximum atomic E-state index is 12.0. The zero-order valence-electron chi connectivity index (χ0n) is 10.5. The second kappa shape index (κ2) is 7.01. The molecule has 2 N–H and O–H groups in total. The Bertz CT molecular complexity index is 629. The molecule has 0 saturated heterocycles. The van der Waals surface area contributed by atoms with E-state index in [0.29, 0.717) is 17.8 Å². The molecule has 2 aromatic rings. The summed E-state index contributed by atoms with van der Waals surface area (Å²) in [6, 6.07) is 3.39. The normalized spacial score (nSPS) is 9.65. The first-order valence-corrected chi connectivity index (χ1v) is 5.89. The van der Waals surface area contributed by atoms with Gasteiger partial charge in [0.1, 0.15) is 5.69 Å². The van der Waals surface area contributed by atoms with Crippen LogP contribution in [0.2, 0.25) is 0 Å². The standard InChI is InChI=1S/C13H12N4O3/c18-7-2-1-4-10-5-3-6-14-12(10)13(19)15-8-11-16-9-20-17-11/h3,5-6,9,18H,2,7-8H2,(H,15,19). The summed E-state index contributed by atoms with van der Waals surface area (Å²) in [5, 5.41) is 14.9. The van der Waals surface area contributed by atoms with Gasteiger partial charge < -0.3 is 14.9 Å². The van der Waals surface area contributed by atoms with E-state index in [1.807, 2.05) is 0 Å². The van der Waals surface area contributed by atoms with Gasteiger partial charge in [0.2, 0.25) is 6.39 Å². The third-order valence-electron chi connectivity index (χ3n) is 2.30. The van der Waals surface area contributed by atoms with Crippen LogP contribution in [0.4, 0.5) is 0 Å². The van der Waals surface area contributed by atoms with Gasteiger partial charge in [-0.15, -0.1) is 0 Å². The van der Waals surface area contributed by atoms with Crippen molar-refractivity contribution in [3.05, 3.63) is 41.8 Å². The molecular weight excluding hydrogens is 260 g/mol. The van der Waals surface area contributed by atoms with E-state index in [9.17, 15) is 4.79 Å². The third kappa shape index (κ3) is 3.63. The van der Waals surface area contributed by atoms with Crippen LogP contribution in [-0.4, -0.2) is 32.7 Å². The lowest BCUT2D eigenvalue weighted by Gasteiger charge is -2.03. The van der Waals surface area contributed by atoms with Crippen molar-refractivity contribution in [3.63, 3.8) is 0 Å². The Morgan fingerprint density at radius 1 is 1.45 bits per heavy atom. The summed E-state index contributed by atoms with van der Waals surface area (Å²) in [5.41, 5.74) is 0.730. The number of carbonyl (C=O) groups is 1. The Balaban J connectivity index is 2.07. The van der Waals surface area contributed by atoms with Crippen molar-refractivity contribution in [2.24, 2.45) is 0 Å². The Kier molecular flexibility index (Phi) is 4.81. The number of aromatic nitrogens is 3. The van der Waals surface area contributed by atoms with Gasteiger partial charge in [0.15, 0.2) is 5.82 Å². The van der Waals surface area contributed by atoms with Crippen molar-refractivity contribution in [2.75, 3.05) is 6.61 Å². The molecule has 0 bridgehead atoms. The molecule has 0 aliphatic heterocycles. The van der Waals surface area contributed by atoms with Crippen LogP contribution in [0.5, 0.6) is 0 Å². The fourth-order valence-corrected chi connectivity index (χ4v) is 1.41. The highest BCUT2D eigenvalue weighted by Gasteiger charge is 2.11. The average Bonchev–Trinajstić information content (AvgIpc) is 2.99. The van der Waals surface area contributed by atoms with Crippen LogP contribution in [0.15, 0.2) is 29.2 Å². The Morgan fingerprint density at radius 2 is 2.35 bits per heavy atom. The zero-order chi connectivity index (χ0) is 14.2. The molecular formula is C13H12N4O3. The average molecular weight is 272 g/mol. The summed E-state index contributed by atoms with van der Waals surface area (Å²) in [5.74, 6) is 5.57. The molecule has 102 valence electrons. The molecule has 7 nitrogen and oxygen atoms in total. The van der Waals surface area contributed by atoms with Gasteiger partial charge in [-0.1, -0.05) is 17.0 Å². The van der Waals surface area contributed by atoms with Crippen LogP contribution >= 0.6 is 0 Å². The lowest BCUT2D eigenvalue weighted by molar-refractivity contribution is 0.0944. The minimum atomic E-state index is -0.372. The molecule has 0 aliphatic rings. The van der Waals surface area contributed by atoms with Crippen molar-refractivity contribution in [2.45, 2.75) is 13.0 Å². The number of nitrogens with zero attached hydrogens (tertiary/aromatic N) is 3. The van der Waals surface area contributed by atoms with Crippen LogP contribution < -0.4 is 5.32 Å². The molecule has 2 aromatic heterocycles. The zero-order valence-corrected chi connectivity index (χ0v) is 10.5. The molecule has 7 heteroatoms. The van der Waals surface area contributed by atoms with Crippen molar-refractivity contribution in [3.8, 4) is 11.8 Å². The summed E-state index contributed by atoms with van der Waals surface area (Å²) in [6.07, 6.45) is 3.05. The molecule has 2 rings (SSSR count). The van der Waals surface area contributed by atoms with Crippen molar-refractivity contribution in [1.29, 1.82) is 0 Å². The van der Waals surface area contributed by atoms with Gasteiger partial charge in [-0.05, 0) is 12.1 Å². The van der Waals surface area contributed by atoms with Gasteiger partial charge in [0.25, 0.3) is 5.91 Å². The van der Waals surface area contributed by atoms with Gasteiger partial charge in [-0.2, -0.15) is 4.98 Å². The maximum Gasteiger partial charge on any atom is 0.271 e. The Labute approximate surface area is 115 Å². The molecule has 1 amide bonds. The van der Waals surface area contributed by atoms with E-state index in [-0.39, 0.29) is 24.8 Å². The van der Waals surface area contributed by atoms with E-state index in [0.717, 1.165) is 0 Å².